The quantitative estimate of drug-likeness (QED) is 0.424. The van der Waals surface area contributed by atoms with Gasteiger partial charge in [0, 0.05) is 31.9 Å². The van der Waals surface area contributed by atoms with E-state index in [1.54, 1.807) is 6.07 Å². The molecule has 0 saturated carbocycles. The van der Waals surface area contributed by atoms with Crippen LogP contribution in [0.25, 0.3) is 0 Å². The van der Waals surface area contributed by atoms with Crippen LogP contribution in [0.5, 0.6) is 5.75 Å². The molecule has 1 atom stereocenters. The van der Waals surface area contributed by atoms with Gasteiger partial charge in [-0.05, 0) is 55.4 Å². The second-order valence-corrected chi connectivity index (χ2v) is 8.38. The summed E-state index contributed by atoms with van der Waals surface area (Å²) in [6.45, 7) is 4.13. The number of nitrogens with zero attached hydrogens (tertiary/aromatic N) is 1. The average molecular weight is 428 g/mol. The number of ether oxygens (including phenoxy) is 2. The van der Waals surface area contributed by atoms with Gasteiger partial charge in [0.25, 0.3) is 0 Å². The van der Waals surface area contributed by atoms with E-state index >= 15 is 0 Å². The Hall–Kier alpha value is -1.92. The van der Waals surface area contributed by atoms with Gasteiger partial charge in [-0.25, -0.2) is 0 Å². The van der Waals surface area contributed by atoms with E-state index in [1.807, 2.05) is 12.1 Å². The predicted octanol–water partition coefficient (Wildman–Crippen LogP) is 4.82. The fourth-order valence-electron chi connectivity index (χ4n) is 4.00. The zero-order valence-corrected chi connectivity index (χ0v) is 18.5. The third-order valence-corrected chi connectivity index (χ3v) is 5.89. The van der Waals surface area contributed by atoms with E-state index in [0.29, 0.717) is 12.3 Å². The summed E-state index contributed by atoms with van der Waals surface area (Å²) in [5.41, 5.74) is 2.98. The molecule has 3 rings (SSSR count). The molecule has 0 amide bonds. The molecule has 5 nitrogen and oxygen atoms in total. The van der Waals surface area contributed by atoms with Crippen molar-refractivity contribution in [2.24, 2.45) is 0 Å². The van der Waals surface area contributed by atoms with Crippen molar-refractivity contribution >= 4 is 0 Å². The molecule has 0 aromatic heterocycles. The molecule has 0 aliphatic carbocycles. The van der Waals surface area contributed by atoms with E-state index in [9.17, 15) is 10.2 Å². The molecule has 0 bridgehead atoms. The first kappa shape index (κ1) is 23.7. The van der Waals surface area contributed by atoms with Crippen molar-refractivity contribution in [1.29, 1.82) is 0 Å². The maximum absolute atomic E-state index is 9.71. The van der Waals surface area contributed by atoms with E-state index in [1.165, 1.54) is 31.2 Å². The van der Waals surface area contributed by atoms with Crippen LogP contribution in [-0.2, 0) is 22.5 Å². The summed E-state index contributed by atoms with van der Waals surface area (Å²) in [6.07, 6.45) is 8.20. The largest absolute Gasteiger partial charge is 0.508 e. The zero-order valence-electron chi connectivity index (χ0n) is 18.5. The highest BCUT2D eigenvalue weighted by atomic mass is 16.5. The van der Waals surface area contributed by atoms with E-state index in [2.05, 4.69) is 35.2 Å². The maximum atomic E-state index is 9.71. The summed E-state index contributed by atoms with van der Waals surface area (Å²) < 4.78 is 11.7. The molecule has 2 N–H and O–H groups in total. The van der Waals surface area contributed by atoms with E-state index in [0.717, 1.165) is 51.1 Å². The van der Waals surface area contributed by atoms with Crippen LogP contribution in [-0.4, -0.2) is 48.1 Å². The van der Waals surface area contributed by atoms with Crippen LogP contribution < -0.4 is 0 Å². The first-order chi connectivity index (χ1) is 15.3. The van der Waals surface area contributed by atoms with Crippen molar-refractivity contribution in [2.45, 2.75) is 57.7 Å². The van der Waals surface area contributed by atoms with Crippen molar-refractivity contribution in [2.75, 3.05) is 33.0 Å². The van der Waals surface area contributed by atoms with Crippen molar-refractivity contribution in [3.05, 3.63) is 65.2 Å². The number of aliphatic hydroxyl groups is 1. The zero-order chi connectivity index (χ0) is 21.7. The summed E-state index contributed by atoms with van der Waals surface area (Å²) in [5, 5.41) is 19.0. The van der Waals surface area contributed by atoms with Crippen LogP contribution in [0.2, 0.25) is 0 Å². The number of phenols is 1. The summed E-state index contributed by atoms with van der Waals surface area (Å²) in [7, 11) is 0. The van der Waals surface area contributed by atoms with Gasteiger partial charge in [0.05, 0.1) is 19.4 Å². The molecule has 0 spiro atoms. The van der Waals surface area contributed by atoms with Gasteiger partial charge in [0.1, 0.15) is 5.75 Å². The molecule has 5 heteroatoms. The lowest BCUT2D eigenvalue weighted by Gasteiger charge is -2.14. The van der Waals surface area contributed by atoms with E-state index in [-0.39, 0.29) is 18.5 Å². The standard InChI is InChI=1S/C26H37NO4/c28-20-24-18-23(13-14-25(24)29)26-19-27(21-31-26)15-7-1-2-8-16-30-17-9-6-12-22-10-4-3-5-11-22/h3-5,10-11,13-14,18,26,28-29H,1-2,6-9,12,15-17,19-21H2/t26-/m1/s1. The summed E-state index contributed by atoms with van der Waals surface area (Å²) in [4.78, 5) is 2.33. The number of aryl methyl sites for hydroxylation is 1. The Morgan fingerprint density at radius 2 is 1.71 bits per heavy atom. The normalized spacial score (nSPS) is 16.7. The van der Waals surface area contributed by atoms with Gasteiger partial charge in [-0.2, -0.15) is 0 Å². The Morgan fingerprint density at radius 3 is 2.52 bits per heavy atom. The molecular formula is C26H37NO4. The highest BCUT2D eigenvalue weighted by Gasteiger charge is 2.24. The SMILES string of the molecule is OCc1cc([C@H]2CN(CCCCCCOCCCCc3ccccc3)CO2)ccc1O. The predicted molar refractivity (Wildman–Crippen MR) is 123 cm³/mol. The first-order valence-corrected chi connectivity index (χ1v) is 11.6. The molecule has 0 radical (unpaired) electrons. The Labute approximate surface area is 186 Å². The molecule has 2 aromatic rings. The molecule has 0 unspecified atom stereocenters. The van der Waals surface area contributed by atoms with E-state index < -0.39 is 0 Å². The van der Waals surface area contributed by atoms with Crippen LogP contribution in [0.3, 0.4) is 0 Å². The first-order valence-electron chi connectivity index (χ1n) is 11.6. The minimum atomic E-state index is -0.159. The smallest absolute Gasteiger partial charge is 0.121 e. The van der Waals surface area contributed by atoms with Crippen LogP contribution >= 0.6 is 0 Å². The number of hydrogen-bond acceptors (Lipinski definition) is 5. The Bertz CT molecular complexity index is 752. The Morgan fingerprint density at radius 1 is 0.935 bits per heavy atom. The van der Waals surface area contributed by atoms with Crippen LogP contribution in [0.4, 0.5) is 0 Å². The Balaban J connectivity index is 1.16. The van der Waals surface area contributed by atoms with Gasteiger partial charge < -0.3 is 19.7 Å². The third kappa shape index (κ3) is 8.26. The minimum absolute atomic E-state index is 0.0150. The van der Waals surface area contributed by atoms with Crippen LogP contribution in [0.15, 0.2) is 48.5 Å². The number of aromatic hydroxyl groups is 1. The van der Waals surface area contributed by atoms with Crippen molar-refractivity contribution in [3.63, 3.8) is 0 Å². The maximum Gasteiger partial charge on any atom is 0.121 e. The minimum Gasteiger partial charge on any atom is -0.508 e. The van der Waals surface area contributed by atoms with Crippen LogP contribution in [0, 0.1) is 0 Å². The van der Waals surface area contributed by atoms with Gasteiger partial charge >= 0.3 is 0 Å². The van der Waals surface area contributed by atoms with E-state index in [4.69, 9.17) is 9.47 Å². The molecule has 1 aliphatic rings. The molecule has 31 heavy (non-hydrogen) atoms. The van der Waals surface area contributed by atoms with Gasteiger partial charge in [0.15, 0.2) is 0 Å². The second kappa shape index (κ2) is 13.5. The molecular weight excluding hydrogens is 390 g/mol. The average Bonchev–Trinajstić information content (AvgIpc) is 3.27. The lowest BCUT2D eigenvalue weighted by atomic mass is 10.1. The van der Waals surface area contributed by atoms with Gasteiger partial charge in [-0.1, -0.05) is 49.2 Å². The van der Waals surface area contributed by atoms with Crippen molar-refractivity contribution < 1.29 is 19.7 Å². The molecule has 1 aliphatic heterocycles. The number of hydrogen-bond donors (Lipinski definition) is 2. The molecule has 1 saturated heterocycles. The highest BCUT2D eigenvalue weighted by molar-refractivity contribution is 5.36. The summed E-state index contributed by atoms with van der Waals surface area (Å²) in [5.74, 6) is 0.136. The lowest BCUT2D eigenvalue weighted by Crippen LogP contribution is -2.21. The highest BCUT2D eigenvalue weighted by Crippen LogP contribution is 2.28. The fraction of sp³-hybridized carbons (Fsp3) is 0.538. The molecule has 1 fully saturated rings. The monoisotopic (exact) mass is 427 g/mol. The van der Waals surface area contributed by atoms with Gasteiger partial charge in [0.2, 0.25) is 0 Å². The molecule has 2 aromatic carbocycles. The topological polar surface area (TPSA) is 62.2 Å². The summed E-state index contributed by atoms with van der Waals surface area (Å²) >= 11 is 0. The number of unbranched alkanes of at least 4 members (excludes halogenated alkanes) is 4. The molecule has 170 valence electrons. The number of rotatable bonds is 14. The molecule has 1 heterocycles. The van der Waals surface area contributed by atoms with Gasteiger partial charge in [-0.3, -0.25) is 4.90 Å². The number of benzene rings is 2. The number of aliphatic hydroxyl groups excluding tert-OH is 1. The lowest BCUT2D eigenvalue weighted by molar-refractivity contribution is 0.0890. The summed E-state index contributed by atoms with van der Waals surface area (Å²) in [6, 6.07) is 16.0. The Kier molecular flexibility index (Phi) is 10.3. The second-order valence-electron chi connectivity index (χ2n) is 8.38. The third-order valence-electron chi connectivity index (χ3n) is 5.89. The van der Waals surface area contributed by atoms with Crippen molar-refractivity contribution in [3.8, 4) is 5.75 Å². The fourth-order valence-corrected chi connectivity index (χ4v) is 4.00. The van der Waals surface area contributed by atoms with Crippen LogP contribution in [0.1, 0.15) is 61.3 Å². The van der Waals surface area contributed by atoms with Gasteiger partial charge in [-0.15, -0.1) is 0 Å². The van der Waals surface area contributed by atoms with Crippen molar-refractivity contribution in [1.82, 2.24) is 4.90 Å².